The summed E-state index contributed by atoms with van der Waals surface area (Å²) in [6.07, 6.45) is 7.31. The average Bonchev–Trinajstić information content (AvgIpc) is 2.51. The second-order valence-corrected chi connectivity index (χ2v) is 3.96. The van der Waals surface area contributed by atoms with E-state index in [4.69, 9.17) is 4.74 Å². The smallest absolute Gasteiger partial charge is 0.202 e. The lowest BCUT2D eigenvalue weighted by Gasteiger charge is -2.40. The van der Waals surface area contributed by atoms with Crippen molar-refractivity contribution in [3.05, 3.63) is 12.4 Å². The highest BCUT2D eigenvalue weighted by Gasteiger charge is 2.36. The third kappa shape index (κ3) is 1.62. The molecule has 1 N–H and O–H groups in total. The van der Waals surface area contributed by atoms with Gasteiger partial charge in [-0.25, -0.2) is 4.98 Å². The molecule has 78 valence electrons. The summed E-state index contributed by atoms with van der Waals surface area (Å²) in [6.45, 7) is 0.856. The molecular weight excluding hydrogens is 178 g/mol. The Balaban J connectivity index is 1.90. The van der Waals surface area contributed by atoms with Crippen LogP contribution in [0.4, 0.5) is 5.95 Å². The van der Waals surface area contributed by atoms with E-state index in [0.29, 0.717) is 0 Å². The maximum atomic E-state index is 5.51. The predicted molar refractivity (Wildman–Crippen MR) is 55.3 cm³/mol. The van der Waals surface area contributed by atoms with E-state index in [2.05, 4.69) is 10.3 Å². The zero-order chi connectivity index (χ0) is 10.0. The summed E-state index contributed by atoms with van der Waals surface area (Å²) in [5.74, 6) is 0.910. The topological polar surface area (TPSA) is 39.1 Å². The van der Waals surface area contributed by atoms with Crippen molar-refractivity contribution in [3.63, 3.8) is 0 Å². The van der Waals surface area contributed by atoms with Gasteiger partial charge < -0.3 is 14.6 Å². The van der Waals surface area contributed by atoms with Gasteiger partial charge in [0.1, 0.15) is 0 Å². The van der Waals surface area contributed by atoms with Crippen LogP contribution in [0.25, 0.3) is 0 Å². The molecule has 1 aliphatic carbocycles. The van der Waals surface area contributed by atoms with Gasteiger partial charge in [-0.1, -0.05) is 0 Å². The van der Waals surface area contributed by atoms with E-state index in [0.717, 1.165) is 25.3 Å². The van der Waals surface area contributed by atoms with Gasteiger partial charge in [0.2, 0.25) is 5.95 Å². The number of aromatic nitrogens is 2. The van der Waals surface area contributed by atoms with Crippen LogP contribution in [0.15, 0.2) is 12.4 Å². The molecule has 0 spiro atoms. The quantitative estimate of drug-likeness (QED) is 0.789. The van der Waals surface area contributed by atoms with Gasteiger partial charge in [0.25, 0.3) is 0 Å². The minimum absolute atomic E-state index is 0.0615. The van der Waals surface area contributed by atoms with Crippen molar-refractivity contribution < 1.29 is 4.74 Å². The van der Waals surface area contributed by atoms with Crippen molar-refractivity contribution in [2.75, 3.05) is 19.0 Å². The van der Waals surface area contributed by atoms with Crippen molar-refractivity contribution >= 4 is 5.95 Å². The van der Waals surface area contributed by atoms with Crippen molar-refractivity contribution in [1.82, 2.24) is 9.55 Å². The second kappa shape index (κ2) is 3.61. The SMILES string of the molecule is COC1(CNc2nccn2C)CCC1. The molecular formula is C10H17N3O. The third-order valence-electron chi connectivity index (χ3n) is 3.09. The van der Waals surface area contributed by atoms with Gasteiger partial charge in [0.15, 0.2) is 0 Å². The fourth-order valence-electron chi connectivity index (χ4n) is 1.80. The van der Waals surface area contributed by atoms with Crippen LogP contribution in [0.3, 0.4) is 0 Å². The lowest BCUT2D eigenvalue weighted by atomic mass is 9.80. The molecule has 0 aromatic carbocycles. The zero-order valence-corrected chi connectivity index (χ0v) is 8.79. The van der Waals surface area contributed by atoms with E-state index in [1.54, 1.807) is 13.3 Å². The van der Waals surface area contributed by atoms with Gasteiger partial charge in [-0.2, -0.15) is 0 Å². The maximum absolute atomic E-state index is 5.51. The van der Waals surface area contributed by atoms with E-state index in [-0.39, 0.29) is 5.60 Å². The molecule has 2 rings (SSSR count). The molecule has 0 bridgehead atoms. The average molecular weight is 195 g/mol. The van der Waals surface area contributed by atoms with Gasteiger partial charge in [-0.05, 0) is 19.3 Å². The Morgan fingerprint density at radius 1 is 1.64 bits per heavy atom. The predicted octanol–water partition coefficient (Wildman–Crippen LogP) is 1.40. The minimum atomic E-state index is 0.0615. The fraction of sp³-hybridized carbons (Fsp3) is 0.700. The molecule has 0 saturated heterocycles. The van der Waals surface area contributed by atoms with Crippen LogP contribution < -0.4 is 5.32 Å². The third-order valence-corrected chi connectivity index (χ3v) is 3.09. The summed E-state index contributed by atoms with van der Waals surface area (Å²) in [5, 5.41) is 3.31. The summed E-state index contributed by atoms with van der Waals surface area (Å²) < 4.78 is 7.49. The molecule has 14 heavy (non-hydrogen) atoms. The highest BCUT2D eigenvalue weighted by atomic mass is 16.5. The van der Waals surface area contributed by atoms with Crippen LogP contribution in [0, 0.1) is 0 Å². The first-order valence-electron chi connectivity index (χ1n) is 5.02. The molecule has 4 heteroatoms. The van der Waals surface area contributed by atoms with E-state index in [9.17, 15) is 0 Å². The standard InChI is InChI=1S/C10H17N3O/c1-13-7-6-11-9(13)12-8-10(14-2)4-3-5-10/h6-7H,3-5,8H2,1-2H3,(H,11,12). The largest absolute Gasteiger partial charge is 0.376 e. The van der Waals surface area contributed by atoms with Crippen molar-refractivity contribution in [2.24, 2.45) is 7.05 Å². The first-order valence-corrected chi connectivity index (χ1v) is 5.02. The number of hydrogen-bond donors (Lipinski definition) is 1. The molecule has 4 nitrogen and oxygen atoms in total. The number of ether oxygens (including phenoxy) is 1. The number of rotatable bonds is 4. The lowest BCUT2D eigenvalue weighted by molar-refractivity contribution is -0.0602. The molecule has 1 aromatic rings. The van der Waals surface area contributed by atoms with Gasteiger partial charge in [-0.15, -0.1) is 0 Å². The summed E-state index contributed by atoms with van der Waals surface area (Å²) >= 11 is 0. The van der Waals surface area contributed by atoms with E-state index in [1.807, 2.05) is 17.8 Å². The molecule has 1 heterocycles. The normalized spacial score (nSPS) is 19.0. The second-order valence-electron chi connectivity index (χ2n) is 3.96. The Bertz CT molecular complexity index is 299. The van der Waals surface area contributed by atoms with Crippen molar-refractivity contribution in [2.45, 2.75) is 24.9 Å². The molecule has 1 aliphatic rings. The first kappa shape index (κ1) is 9.52. The van der Waals surface area contributed by atoms with Gasteiger partial charge in [0.05, 0.1) is 5.60 Å². The Kier molecular flexibility index (Phi) is 2.46. The van der Waals surface area contributed by atoms with E-state index >= 15 is 0 Å². The van der Waals surface area contributed by atoms with Crippen LogP contribution in [-0.4, -0.2) is 28.8 Å². The van der Waals surface area contributed by atoms with Crippen LogP contribution in [0.2, 0.25) is 0 Å². The first-order chi connectivity index (χ1) is 6.76. The Labute approximate surface area is 84.3 Å². The summed E-state index contributed by atoms with van der Waals surface area (Å²) in [7, 11) is 3.77. The molecule has 0 aliphatic heterocycles. The summed E-state index contributed by atoms with van der Waals surface area (Å²) in [5.41, 5.74) is 0.0615. The molecule has 0 atom stereocenters. The molecule has 0 radical (unpaired) electrons. The lowest BCUT2D eigenvalue weighted by Crippen LogP contribution is -2.45. The van der Waals surface area contributed by atoms with E-state index < -0.39 is 0 Å². The Morgan fingerprint density at radius 3 is 2.86 bits per heavy atom. The Hall–Kier alpha value is -1.03. The van der Waals surface area contributed by atoms with Crippen molar-refractivity contribution in [3.8, 4) is 0 Å². The number of nitrogens with one attached hydrogen (secondary N) is 1. The minimum Gasteiger partial charge on any atom is -0.376 e. The number of anilines is 1. The van der Waals surface area contributed by atoms with Gasteiger partial charge >= 0.3 is 0 Å². The molecule has 0 unspecified atom stereocenters. The van der Waals surface area contributed by atoms with Crippen LogP contribution in [-0.2, 0) is 11.8 Å². The maximum Gasteiger partial charge on any atom is 0.202 e. The van der Waals surface area contributed by atoms with Crippen LogP contribution in [0.1, 0.15) is 19.3 Å². The van der Waals surface area contributed by atoms with Gasteiger partial charge in [-0.3, -0.25) is 0 Å². The molecule has 1 aromatic heterocycles. The fourth-order valence-corrected chi connectivity index (χ4v) is 1.80. The summed E-state index contributed by atoms with van der Waals surface area (Å²) in [6, 6.07) is 0. The van der Waals surface area contributed by atoms with Crippen LogP contribution in [0.5, 0.6) is 0 Å². The number of methoxy groups -OCH3 is 1. The number of nitrogens with zero attached hydrogens (tertiary/aromatic N) is 2. The number of imidazole rings is 1. The molecule has 1 saturated carbocycles. The van der Waals surface area contributed by atoms with Gasteiger partial charge in [0, 0.05) is 33.1 Å². The molecule has 0 amide bonds. The monoisotopic (exact) mass is 195 g/mol. The number of aryl methyl sites for hydroxylation is 1. The molecule has 1 fully saturated rings. The highest BCUT2D eigenvalue weighted by Crippen LogP contribution is 2.34. The van der Waals surface area contributed by atoms with Crippen LogP contribution >= 0.6 is 0 Å². The van der Waals surface area contributed by atoms with Crippen molar-refractivity contribution in [1.29, 1.82) is 0 Å². The summed E-state index contributed by atoms with van der Waals surface area (Å²) in [4.78, 5) is 4.21. The van der Waals surface area contributed by atoms with E-state index in [1.165, 1.54) is 6.42 Å². The zero-order valence-electron chi connectivity index (χ0n) is 8.79. The Morgan fingerprint density at radius 2 is 2.43 bits per heavy atom. The number of hydrogen-bond acceptors (Lipinski definition) is 3. The highest BCUT2D eigenvalue weighted by molar-refractivity contribution is 5.26.